The van der Waals surface area contributed by atoms with Crippen molar-refractivity contribution in [3.05, 3.63) is 36.2 Å². The van der Waals surface area contributed by atoms with E-state index in [0.29, 0.717) is 22.8 Å². The molecular formula is C25H36N2O. The molecule has 4 aliphatic rings. The largest absolute Gasteiger partial charge is 0.393 e. The quantitative estimate of drug-likeness (QED) is 0.783. The number of allylic oxidation sites excluding steroid dienone is 2. The summed E-state index contributed by atoms with van der Waals surface area (Å²) in [5.74, 6) is 2.98. The minimum Gasteiger partial charge on any atom is -0.393 e. The third-order valence-corrected chi connectivity index (χ3v) is 9.61. The van der Waals surface area contributed by atoms with Gasteiger partial charge in [-0.25, -0.2) is 0 Å². The Bertz CT molecular complexity index is 761. The van der Waals surface area contributed by atoms with Crippen LogP contribution in [0.1, 0.15) is 64.4 Å². The van der Waals surface area contributed by atoms with Crippen molar-refractivity contribution in [2.45, 2.75) is 70.9 Å². The Labute approximate surface area is 170 Å². The molecule has 28 heavy (non-hydrogen) atoms. The molecule has 3 heteroatoms. The highest BCUT2D eigenvalue weighted by Crippen LogP contribution is 2.67. The lowest BCUT2D eigenvalue weighted by Gasteiger charge is -2.62. The highest BCUT2D eigenvalue weighted by atomic mass is 16.3. The number of aliphatic hydroxyl groups excluding tert-OH is 1. The molecule has 8 atom stereocenters. The van der Waals surface area contributed by atoms with Crippen LogP contribution in [0.5, 0.6) is 0 Å². The van der Waals surface area contributed by atoms with Crippen LogP contribution in [-0.2, 0) is 0 Å². The number of aromatic nitrogens is 1. The van der Waals surface area contributed by atoms with Crippen molar-refractivity contribution in [1.29, 1.82) is 0 Å². The fraction of sp³-hybridized carbons (Fsp3) is 0.720. The summed E-state index contributed by atoms with van der Waals surface area (Å²) in [5.41, 5.74) is 3.56. The summed E-state index contributed by atoms with van der Waals surface area (Å²) in [5, 5.41) is 14.1. The lowest BCUT2D eigenvalue weighted by molar-refractivity contribution is -0.127. The number of nitrogens with one attached hydrogen (secondary N) is 1. The van der Waals surface area contributed by atoms with Gasteiger partial charge in [-0.15, -0.1) is 0 Å². The molecule has 2 N–H and O–H groups in total. The Kier molecular flexibility index (Phi) is 4.48. The zero-order chi connectivity index (χ0) is 19.5. The Morgan fingerprint density at radius 3 is 2.71 bits per heavy atom. The fourth-order valence-electron chi connectivity index (χ4n) is 8.18. The molecule has 0 aromatic carbocycles. The molecule has 0 saturated heterocycles. The molecule has 4 aliphatic carbocycles. The first-order valence-corrected chi connectivity index (χ1v) is 11.4. The van der Waals surface area contributed by atoms with Crippen LogP contribution >= 0.6 is 0 Å². The Hall–Kier alpha value is -1.19. The van der Waals surface area contributed by atoms with E-state index in [1.54, 1.807) is 5.57 Å². The predicted octanol–water partition coefficient (Wildman–Crippen LogP) is 4.68. The van der Waals surface area contributed by atoms with Gasteiger partial charge >= 0.3 is 0 Å². The van der Waals surface area contributed by atoms with Crippen molar-refractivity contribution in [3.8, 4) is 0 Å². The van der Waals surface area contributed by atoms with Crippen LogP contribution in [0.4, 0.5) is 0 Å². The van der Waals surface area contributed by atoms with Gasteiger partial charge in [0.05, 0.1) is 6.10 Å². The second-order valence-corrected chi connectivity index (χ2v) is 10.6. The lowest BCUT2D eigenvalue weighted by atomic mass is 9.43. The smallest absolute Gasteiger partial charge is 0.0543 e. The second kappa shape index (κ2) is 6.67. The highest BCUT2D eigenvalue weighted by Gasteiger charge is 2.60. The van der Waals surface area contributed by atoms with Crippen LogP contribution in [0.25, 0.3) is 5.57 Å². The summed E-state index contributed by atoms with van der Waals surface area (Å²) < 4.78 is 0. The minimum atomic E-state index is -0.0929. The van der Waals surface area contributed by atoms with Crippen LogP contribution in [0, 0.1) is 34.5 Å². The molecule has 3 fully saturated rings. The summed E-state index contributed by atoms with van der Waals surface area (Å²) in [6.07, 6.45) is 14.7. The van der Waals surface area contributed by atoms with Crippen molar-refractivity contribution >= 4 is 5.57 Å². The van der Waals surface area contributed by atoms with E-state index in [-0.39, 0.29) is 6.10 Å². The third-order valence-electron chi connectivity index (χ3n) is 9.61. The number of rotatable bonds is 2. The van der Waals surface area contributed by atoms with Crippen LogP contribution in [-0.4, -0.2) is 29.3 Å². The molecule has 0 bridgehead atoms. The van der Waals surface area contributed by atoms with E-state index in [9.17, 15) is 5.11 Å². The number of hydrogen-bond donors (Lipinski definition) is 2. The van der Waals surface area contributed by atoms with E-state index in [0.717, 1.165) is 30.6 Å². The molecule has 0 radical (unpaired) electrons. The van der Waals surface area contributed by atoms with Gasteiger partial charge in [-0.2, -0.15) is 0 Å². The molecule has 1 aromatic rings. The number of hydrogen-bond acceptors (Lipinski definition) is 3. The molecule has 1 aromatic heterocycles. The van der Waals surface area contributed by atoms with Gasteiger partial charge < -0.3 is 10.4 Å². The third kappa shape index (κ3) is 2.58. The van der Waals surface area contributed by atoms with Gasteiger partial charge in [0, 0.05) is 18.4 Å². The fourth-order valence-corrected chi connectivity index (χ4v) is 8.18. The van der Waals surface area contributed by atoms with Crippen LogP contribution in [0.15, 0.2) is 30.6 Å². The van der Waals surface area contributed by atoms with Gasteiger partial charge in [0.2, 0.25) is 0 Å². The highest BCUT2D eigenvalue weighted by molar-refractivity contribution is 5.72. The second-order valence-electron chi connectivity index (χ2n) is 10.6. The van der Waals surface area contributed by atoms with Gasteiger partial charge in [-0.1, -0.05) is 26.0 Å². The maximum absolute atomic E-state index is 10.4. The summed E-state index contributed by atoms with van der Waals surface area (Å²) in [7, 11) is 2.14. The average Bonchev–Trinajstić information content (AvgIpc) is 3.06. The van der Waals surface area contributed by atoms with Crippen molar-refractivity contribution < 1.29 is 5.11 Å². The summed E-state index contributed by atoms with van der Waals surface area (Å²) in [6, 6.07) is 4.87. The number of pyridine rings is 1. The van der Waals surface area contributed by atoms with Crippen LogP contribution < -0.4 is 5.32 Å². The van der Waals surface area contributed by atoms with Gasteiger partial charge in [0.15, 0.2) is 0 Å². The van der Waals surface area contributed by atoms with E-state index in [1.807, 2.05) is 6.20 Å². The Morgan fingerprint density at radius 1 is 1.11 bits per heavy atom. The van der Waals surface area contributed by atoms with Crippen molar-refractivity contribution in [1.82, 2.24) is 10.3 Å². The summed E-state index contributed by atoms with van der Waals surface area (Å²) in [6.45, 7) is 5.10. The first-order chi connectivity index (χ1) is 13.5. The monoisotopic (exact) mass is 380 g/mol. The average molecular weight is 381 g/mol. The zero-order valence-electron chi connectivity index (χ0n) is 17.7. The molecule has 0 amide bonds. The normalized spacial score (nSPS) is 47.6. The van der Waals surface area contributed by atoms with Crippen molar-refractivity contribution in [2.75, 3.05) is 7.05 Å². The minimum absolute atomic E-state index is 0.0929. The number of fused-ring (bicyclic) bond motifs is 5. The van der Waals surface area contributed by atoms with E-state index >= 15 is 0 Å². The lowest BCUT2D eigenvalue weighted by Crippen LogP contribution is -2.60. The number of aliphatic hydroxyl groups is 1. The molecular weight excluding hydrogens is 344 g/mol. The molecule has 0 spiro atoms. The molecule has 5 rings (SSSR count). The first kappa shape index (κ1) is 18.8. The van der Waals surface area contributed by atoms with E-state index in [1.165, 1.54) is 37.7 Å². The zero-order valence-corrected chi connectivity index (χ0v) is 17.7. The van der Waals surface area contributed by atoms with E-state index < -0.39 is 0 Å². The predicted molar refractivity (Wildman–Crippen MR) is 114 cm³/mol. The first-order valence-electron chi connectivity index (χ1n) is 11.4. The SMILES string of the molecule is CNC1C[C@@H]2[C@@H](CC[C@]3(C)C(c4cccnc4)=CC[C@@H]23)[C@@]2(C)CCC(O)CC12. The number of nitrogens with zero attached hydrogens (tertiary/aromatic N) is 1. The molecule has 0 aliphatic heterocycles. The van der Waals surface area contributed by atoms with Gasteiger partial charge in [0.1, 0.15) is 0 Å². The maximum Gasteiger partial charge on any atom is 0.0543 e. The Balaban J connectivity index is 1.48. The molecule has 3 nitrogen and oxygen atoms in total. The van der Waals surface area contributed by atoms with Gasteiger partial charge in [0.25, 0.3) is 0 Å². The van der Waals surface area contributed by atoms with Crippen molar-refractivity contribution in [3.63, 3.8) is 0 Å². The summed E-state index contributed by atoms with van der Waals surface area (Å²) in [4.78, 5) is 4.40. The molecule has 3 unspecified atom stereocenters. The summed E-state index contributed by atoms with van der Waals surface area (Å²) >= 11 is 0. The van der Waals surface area contributed by atoms with E-state index in [4.69, 9.17) is 0 Å². The molecule has 1 heterocycles. The maximum atomic E-state index is 10.4. The van der Waals surface area contributed by atoms with Gasteiger partial charge in [-0.3, -0.25) is 4.98 Å². The molecule has 152 valence electrons. The van der Waals surface area contributed by atoms with E-state index in [2.05, 4.69) is 55.6 Å². The topological polar surface area (TPSA) is 45.2 Å². The van der Waals surface area contributed by atoms with Crippen molar-refractivity contribution in [2.24, 2.45) is 34.5 Å². The standard InChI is InChI=1S/C25H36N2O/c1-24-11-9-21-18(20(24)7-6-19(24)16-5-4-12-27-15-16)14-23(26-3)22-13-17(28)8-10-25(21,22)2/h4-6,12,15,17-18,20-23,26,28H,7-11,13-14H2,1-3H3/t17?,18-,20-,21+,22?,23?,24+,25+/m0/s1. The Morgan fingerprint density at radius 2 is 1.96 bits per heavy atom. The van der Waals surface area contributed by atoms with Crippen LogP contribution in [0.3, 0.4) is 0 Å². The van der Waals surface area contributed by atoms with Crippen LogP contribution in [0.2, 0.25) is 0 Å². The molecule has 3 saturated carbocycles. The van der Waals surface area contributed by atoms with Gasteiger partial charge in [-0.05, 0) is 104 Å².